The van der Waals surface area contributed by atoms with E-state index in [0.29, 0.717) is 24.3 Å². The number of rotatable bonds is 4. The maximum atomic E-state index is 5.20. The molecule has 0 atom stereocenters. The molecule has 1 N–H and O–H groups in total. The molecule has 0 unspecified atom stereocenters. The van der Waals surface area contributed by atoms with Crippen LogP contribution in [0.5, 0.6) is 0 Å². The largest absolute Gasteiger partial charge is 0.338 e. The normalized spacial score (nSPS) is 15.1. The van der Waals surface area contributed by atoms with Crippen LogP contribution in [0.2, 0.25) is 0 Å². The summed E-state index contributed by atoms with van der Waals surface area (Å²) >= 11 is 0. The van der Waals surface area contributed by atoms with Gasteiger partial charge < -0.3 is 9.84 Å². The van der Waals surface area contributed by atoms with Crippen molar-refractivity contribution in [2.75, 3.05) is 0 Å². The summed E-state index contributed by atoms with van der Waals surface area (Å²) < 4.78 is 5.20. The van der Waals surface area contributed by atoms with Crippen molar-refractivity contribution in [3.63, 3.8) is 0 Å². The van der Waals surface area contributed by atoms with Gasteiger partial charge in [0.05, 0.1) is 6.54 Å². The fraction of sp³-hybridized carbons (Fsp3) is 0.385. The molecule has 17 heavy (non-hydrogen) atoms. The van der Waals surface area contributed by atoms with E-state index >= 15 is 0 Å². The number of hydrogen-bond acceptors (Lipinski definition) is 4. The van der Waals surface area contributed by atoms with Crippen LogP contribution in [-0.4, -0.2) is 16.2 Å². The van der Waals surface area contributed by atoms with E-state index in [1.54, 1.807) is 0 Å². The highest BCUT2D eigenvalue weighted by Crippen LogP contribution is 2.20. The molecule has 1 aromatic heterocycles. The van der Waals surface area contributed by atoms with Gasteiger partial charge in [-0.25, -0.2) is 0 Å². The molecular weight excluding hydrogens is 214 g/mol. The molecule has 0 bridgehead atoms. The highest BCUT2D eigenvalue weighted by atomic mass is 16.5. The van der Waals surface area contributed by atoms with Gasteiger partial charge in [0.1, 0.15) is 0 Å². The van der Waals surface area contributed by atoms with E-state index in [9.17, 15) is 0 Å². The number of benzene rings is 1. The molecule has 3 rings (SSSR count). The van der Waals surface area contributed by atoms with E-state index in [2.05, 4.69) is 22.4 Å². The minimum absolute atomic E-state index is 0.657. The summed E-state index contributed by atoms with van der Waals surface area (Å²) in [7, 11) is 0. The molecule has 2 aromatic rings. The van der Waals surface area contributed by atoms with Crippen molar-refractivity contribution in [3.8, 4) is 11.4 Å². The molecule has 4 nitrogen and oxygen atoms in total. The van der Waals surface area contributed by atoms with Crippen molar-refractivity contribution >= 4 is 0 Å². The third-order valence-corrected chi connectivity index (χ3v) is 2.90. The Morgan fingerprint density at radius 1 is 1.29 bits per heavy atom. The zero-order valence-corrected chi connectivity index (χ0v) is 9.81. The lowest BCUT2D eigenvalue weighted by molar-refractivity contribution is 0.367. The summed E-state index contributed by atoms with van der Waals surface area (Å²) in [6, 6.07) is 8.78. The van der Waals surface area contributed by atoms with Crippen molar-refractivity contribution in [1.82, 2.24) is 15.5 Å². The number of aryl methyl sites for hydroxylation is 1. The Bertz CT molecular complexity index is 500. The average molecular weight is 229 g/mol. The molecule has 88 valence electrons. The van der Waals surface area contributed by atoms with Gasteiger partial charge in [-0.15, -0.1) is 0 Å². The number of hydrogen-bond donors (Lipinski definition) is 1. The first kappa shape index (κ1) is 10.5. The maximum absolute atomic E-state index is 5.20. The predicted molar refractivity (Wildman–Crippen MR) is 64.3 cm³/mol. The number of nitrogens with zero attached hydrogens (tertiary/aromatic N) is 2. The van der Waals surface area contributed by atoms with Gasteiger partial charge in [-0.1, -0.05) is 35.0 Å². The molecule has 1 aliphatic rings. The fourth-order valence-electron chi connectivity index (χ4n) is 1.67. The summed E-state index contributed by atoms with van der Waals surface area (Å²) in [4.78, 5) is 4.37. The molecule has 1 saturated carbocycles. The van der Waals surface area contributed by atoms with Gasteiger partial charge in [-0.3, -0.25) is 0 Å². The van der Waals surface area contributed by atoms with Crippen molar-refractivity contribution in [2.24, 2.45) is 0 Å². The third kappa shape index (κ3) is 2.53. The first-order valence-electron chi connectivity index (χ1n) is 5.94. The summed E-state index contributed by atoms with van der Waals surface area (Å²) in [5, 5.41) is 7.34. The second-order valence-corrected chi connectivity index (χ2v) is 4.53. The van der Waals surface area contributed by atoms with Crippen LogP contribution in [0.1, 0.15) is 24.3 Å². The quantitative estimate of drug-likeness (QED) is 0.874. The van der Waals surface area contributed by atoms with Crippen LogP contribution in [0, 0.1) is 6.92 Å². The van der Waals surface area contributed by atoms with E-state index in [1.807, 2.05) is 24.3 Å². The van der Waals surface area contributed by atoms with Crippen LogP contribution in [0.3, 0.4) is 0 Å². The van der Waals surface area contributed by atoms with Gasteiger partial charge in [-0.05, 0) is 19.8 Å². The topological polar surface area (TPSA) is 51.0 Å². The smallest absolute Gasteiger partial charge is 0.240 e. The number of nitrogens with one attached hydrogen (secondary N) is 1. The van der Waals surface area contributed by atoms with Gasteiger partial charge in [0.15, 0.2) is 0 Å². The van der Waals surface area contributed by atoms with Crippen molar-refractivity contribution < 1.29 is 4.52 Å². The lowest BCUT2D eigenvalue weighted by Gasteiger charge is -1.95. The molecular formula is C13H15N3O. The first-order chi connectivity index (χ1) is 8.31. The number of aromatic nitrogens is 2. The second kappa shape index (κ2) is 4.30. The Morgan fingerprint density at radius 3 is 2.76 bits per heavy atom. The molecule has 0 aliphatic heterocycles. The molecule has 1 fully saturated rings. The summed E-state index contributed by atoms with van der Waals surface area (Å²) in [5.41, 5.74) is 2.23. The van der Waals surface area contributed by atoms with E-state index in [4.69, 9.17) is 4.52 Å². The molecule has 1 aliphatic carbocycles. The minimum Gasteiger partial charge on any atom is -0.338 e. The fourth-order valence-corrected chi connectivity index (χ4v) is 1.67. The van der Waals surface area contributed by atoms with Gasteiger partial charge in [0.25, 0.3) is 0 Å². The lowest BCUT2D eigenvalue weighted by atomic mass is 10.1. The lowest BCUT2D eigenvalue weighted by Crippen LogP contribution is -2.15. The van der Waals surface area contributed by atoms with E-state index in [0.717, 1.165) is 5.56 Å². The molecule has 1 heterocycles. The van der Waals surface area contributed by atoms with Crippen LogP contribution in [0.4, 0.5) is 0 Å². The van der Waals surface area contributed by atoms with Crippen LogP contribution in [0.15, 0.2) is 28.8 Å². The first-order valence-corrected chi connectivity index (χ1v) is 5.94. The highest BCUT2D eigenvalue weighted by Gasteiger charge is 2.21. The molecule has 0 amide bonds. The van der Waals surface area contributed by atoms with Gasteiger partial charge >= 0.3 is 0 Å². The zero-order valence-electron chi connectivity index (χ0n) is 9.81. The van der Waals surface area contributed by atoms with E-state index < -0.39 is 0 Å². The molecule has 0 spiro atoms. The highest BCUT2D eigenvalue weighted by molar-refractivity contribution is 5.54. The zero-order chi connectivity index (χ0) is 11.7. The Labute approximate surface area is 100 Å². The van der Waals surface area contributed by atoms with Gasteiger partial charge in [0.2, 0.25) is 11.7 Å². The van der Waals surface area contributed by atoms with Crippen molar-refractivity contribution in [2.45, 2.75) is 32.4 Å². The predicted octanol–water partition coefficient (Wildman–Crippen LogP) is 2.30. The monoisotopic (exact) mass is 229 g/mol. The minimum atomic E-state index is 0.657. The Morgan fingerprint density at radius 2 is 2.06 bits per heavy atom. The van der Waals surface area contributed by atoms with Crippen LogP contribution >= 0.6 is 0 Å². The molecule has 0 radical (unpaired) electrons. The van der Waals surface area contributed by atoms with Gasteiger partial charge in [-0.2, -0.15) is 4.98 Å². The SMILES string of the molecule is Cc1ccc(-c2noc(CNC3CC3)n2)cc1. The molecule has 0 saturated heterocycles. The summed E-state index contributed by atoms with van der Waals surface area (Å²) in [5.74, 6) is 1.32. The Hall–Kier alpha value is -1.68. The van der Waals surface area contributed by atoms with Crippen molar-refractivity contribution in [3.05, 3.63) is 35.7 Å². The van der Waals surface area contributed by atoms with Crippen molar-refractivity contribution in [1.29, 1.82) is 0 Å². The standard InChI is InChI=1S/C13H15N3O/c1-9-2-4-10(5-3-9)13-15-12(17-16-13)8-14-11-6-7-11/h2-5,11,14H,6-8H2,1H3. The van der Waals surface area contributed by atoms with Crippen LogP contribution in [-0.2, 0) is 6.54 Å². The Kier molecular flexibility index (Phi) is 2.65. The van der Waals surface area contributed by atoms with E-state index in [1.165, 1.54) is 18.4 Å². The van der Waals surface area contributed by atoms with E-state index in [-0.39, 0.29) is 0 Å². The maximum Gasteiger partial charge on any atom is 0.240 e. The van der Waals surface area contributed by atoms with Crippen LogP contribution < -0.4 is 5.32 Å². The third-order valence-electron chi connectivity index (χ3n) is 2.90. The average Bonchev–Trinajstić information content (AvgIpc) is 3.06. The molecule has 4 heteroatoms. The molecule has 1 aromatic carbocycles. The van der Waals surface area contributed by atoms with Gasteiger partial charge in [0, 0.05) is 11.6 Å². The summed E-state index contributed by atoms with van der Waals surface area (Å²) in [6.45, 7) is 2.73. The second-order valence-electron chi connectivity index (χ2n) is 4.53. The summed E-state index contributed by atoms with van der Waals surface area (Å²) in [6.07, 6.45) is 2.53. The van der Waals surface area contributed by atoms with Crippen LogP contribution in [0.25, 0.3) is 11.4 Å². The Balaban J connectivity index is 1.72.